The van der Waals surface area contributed by atoms with Gasteiger partial charge in [0, 0.05) is 31.6 Å². The molecule has 0 aromatic heterocycles. The average Bonchev–Trinajstić information content (AvgIpc) is 2.63. The monoisotopic (exact) mass is 388 g/mol. The Morgan fingerprint density at radius 1 is 0.846 bits per heavy atom. The highest BCUT2D eigenvalue weighted by Crippen LogP contribution is 2.17. The number of nitrogens with one attached hydrogen (secondary N) is 2. The number of unbranched alkanes of at least 4 members (excludes halogenated alkanes) is 3. The summed E-state index contributed by atoms with van der Waals surface area (Å²) >= 11 is 0. The van der Waals surface area contributed by atoms with Gasteiger partial charge in [0.1, 0.15) is 0 Å². The van der Waals surface area contributed by atoms with Crippen LogP contribution in [0.15, 0.2) is 0 Å². The molecule has 0 spiro atoms. The minimum Gasteiger partial charge on any atom is -0.343 e. The first-order chi connectivity index (χ1) is 12.2. The molecule has 3 amide bonds. The van der Waals surface area contributed by atoms with E-state index in [1.807, 2.05) is 4.90 Å². The maximum Gasteiger partial charge on any atom is 0.315 e. The lowest BCUT2D eigenvalue weighted by atomic mass is 9.96. The molecule has 152 valence electrons. The van der Waals surface area contributed by atoms with Crippen LogP contribution in [0.5, 0.6) is 0 Å². The molecule has 1 aliphatic carbocycles. The van der Waals surface area contributed by atoms with Gasteiger partial charge in [-0.05, 0) is 45.1 Å². The van der Waals surface area contributed by atoms with E-state index >= 15 is 0 Å². The average molecular weight is 389 g/mol. The minimum absolute atomic E-state index is 0. The predicted molar refractivity (Wildman–Crippen MR) is 108 cm³/mol. The molecule has 0 radical (unpaired) electrons. The Hall–Kier alpha value is -1.01. The number of rotatable bonds is 8. The van der Waals surface area contributed by atoms with E-state index in [9.17, 15) is 9.59 Å². The van der Waals surface area contributed by atoms with E-state index in [4.69, 9.17) is 5.73 Å². The Bertz CT molecular complexity index is 408. The Balaban J connectivity index is 0.00000338. The number of hydrogen-bond donors (Lipinski definition) is 3. The van der Waals surface area contributed by atoms with E-state index in [0.29, 0.717) is 12.5 Å². The number of urea groups is 1. The first-order valence-electron chi connectivity index (χ1n) is 10.2. The highest BCUT2D eigenvalue weighted by molar-refractivity contribution is 5.85. The molecule has 7 heteroatoms. The molecule has 0 bridgehead atoms. The number of carbonyl (C=O) groups is 2. The summed E-state index contributed by atoms with van der Waals surface area (Å²) < 4.78 is 0. The van der Waals surface area contributed by atoms with E-state index in [-0.39, 0.29) is 30.4 Å². The molecule has 0 aromatic carbocycles. The van der Waals surface area contributed by atoms with Crippen LogP contribution in [0, 0.1) is 0 Å². The van der Waals surface area contributed by atoms with Crippen molar-refractivity contribution < 1.29 is 9.59 Å². The van der Waals surface area contributed by atoms with Crippen molar-refractivity contribution in [1.29, 1.82) is 0 Å². The van der Waals surface area contributed by atoms with Crippen LogP contribution >= 0.6 is 12.4 Å². The summed E-state index contributed by atoms with van der Waals surface area (Å²) in [5.41, 5.74) is 5.48. The van der Waals surface area contributed by atoms with E-state index in [0.717, 1.165) is 71.0 Å². The fourth-order valence-corrected chi connectivity index (χ4v) is 3.86. The van der Waals surface area contributed by atoms with Crippen molar-refractivity contribution in [3.63, 3.8) is 0 Å². The summed E-state index contributed by atoms with van der Waals surface area (Å²) in [6.07, 6.45) is 12.5. The van der Waals surface area contributed by atoms with Gasteiger partial charge in [0.25, 0.3) is 0 Å². The standard InChI is InChI=1S/C19H36N4O2.ClH/c20-13-7-2-1-6-10-18(24)23-14-11-17(12-15-23)22-19(25)21-16-8-4-3-5-9-16;/h16-17H,1-15,20H2,(H2,21,22,25);1H. The van der Waals surface area contributed by atoms with Gasteiger partial charge in [-0.15, -0.1) is 12.4 Å². The predicted octanol–water partition coefficient (Wildman–Crippen LogP) is 2.94. The summed E-state index contributed by atoms with van der Waals surface area (Å²) in [7, 11) is 0. The molecule has 2 fully saturated rings. The maximum absolute atomic E-state index is 12.2. The van der Waals surface area contributed by atoms with Crippen molar-refractivity contribution >= 4 is 24.3 Å². The van der Waals surface area contributed by atoms with E-state index < -0.39 is 0 Å². The molecular weight excluding hydrogens is 352 g/mol. The summed E-state index contributed by atoms with van der Waals surface area (Å²) in [6.45, 7) is 2.26. The molecule has 6 nitrogen and oxygen atoms in total. The highest BCUT2D eigenvalue weighted by atomic mass is 35.5. The molecule has 0 atom stereocenters. The van der Waals surface area contributed by atoms with Gasteiger partial charge in [0.2, 0.25) is 5.91 Å². The molecule has 1 saturated heterocycles. The van der Waals surface area contributed by atoms with Crippen LogP contribution in [0.3, 0.4) is 0 Å². The minimum atomic E-state index is -0.0309. The molecular formula is C19H37ClN4O2. The largest absolute Gasteiger partial charge is 0.343 e. The van der Waals surface area contributed by atoms with E-state index in [2.05, 4.69) is 10.6 Å². The fourth-order valence-electron chi connectivity index (χ4n) is 3.86. The molecule has 26 heavy (non-hydrogen) atoms. The second-order valence-corrected chi connectivity index (χ2v) is 7.56. The first-order valence-corrected chi connectivity index (χ1v) is 10.2. The third-order valence-corrected chi connectivity index (χ3v) is 5.47. The number of nitrogens with two attached hydrogens (primary N) is 1. The van der Waals surface area contributed by atoms with Gasteiger partial charge in [0.05, 0.1) is 0 Å². The number of likely N-dealkylation sites (tertiary alicyclic amines) is 1. The van der Waals surface area contributed by atoms with Crippen molar-refractivity contribution in [3.05, 3.63) is 0 Å². The summed E-state index contributed by atoms with van der Waals surface area (Å²) in [4.78, 5) is 26.3. The first kappa shape index (κ1) is 23.0. The van der Waals surface area contributed by atoms with Gasteiger partial charge in [-0.1, -0.05) is 32.1 Å². The summed E-state index contributed by atoms with van der Waals surface area (Å²) in [5, 5.41) is 6.20. The zero-order valence-corrected chi connectivity index (χ0v) is 16.8. The molecule has 1 saturated carbocycles. The SMILES string of the molecule is Cl.NCCCCCCC(=O)N1CCC(NC(=O)NC2CCCCC2)CC1. The summed E-state index contributed by atoms with van der Waals surface area (Å²) in [6, 6.07) is 0.503. The number of hydrogen-bond acceptors (Lipinski definition) is 3. The number of piperidine rings is 1. The van der Waals surface area contributed by atoms with Crippen LogP contribution in [0.2, 0.25) is 0 Å². The van der Waals surface area contributed by atoms with Crippen LogP contribution < -0.4 is 16.4 Å². The zero-order valence-electron chi connectivity index (χ0n) is 16.0. The van der Waals surface area contributed by atoms with Crippen LogP contribution in [0.25, 0.3) is 0 Å². The molecule has 2 rings (SSSR count). The molecule has 1 heterocycles. The molecule has 2 aliphatic rings. The van der Waals surface area contributed by atoms with Crippen molar-refractivity contribution in [1.82, 2.24) is 15.5 Å². The zero-order chi connectivity index (χ0) is 17.9. The Kier molecular flexibility index (Phi) is 11.7. The van der Waals surface area contributed by atoms with Crippen LogP contribution in [0.1, 0.15) is 77.0 Å². The lowest BCUT2D eigenvalue weighted by molar-refractivity contribution is -0.132. The number of amides is 3. The number of nitrogens with zero attached hydrogens (tertiary/aromatic N) is 1. The molecule has 1 aliphatic heterocycles. The van der Waals surface area contributed by atoms with Crippen LogP contribution in [-0.4, -0.2) is 48.6 Å². The van der Waals surface area contributed by atoms with E-state index in [1.54, 1.807) is 0 Å². The van der Waals surface area contributed by atoms with Gasteiger partial charge in [-0.2, -0.15) is 0 Å². The normalized spacial score (nSPS) is 18.9. The second kappa shape index (κ2) is 13.2. The van der Waals surface area contributed by atoms with Crippen LogP contribution in [0.4, 0.5) is 4.79 Å². The molecule has 4 N–H and O–H groups in total. The number of halogens is 1. The topological polar surface area (TPSA) is 87.5 Å². The van der Waals surface area contributed by atoms with Crippen molar-refractivity contribution in [3.8, 4) is 0 Å². The smallest absolute Gasteiger partial charge is 0.315 e. The number of carbonyl (C=O) groups excluding carboxylic acids is 2. The Morgan fingerprint density at radius 3 is 2.04 bits per heavy atom. The van der Waals surface area contributed by atoms with Crippen molar-refractivity contribution in [2.45, 2.75) is 89.1 Å². The lowest BCUT2D eigenvalue weighted by Gasteiger charge is -2.33. The summed E-state index contributed by atoms with van der Waals surface area (Å²) in [5.74, 6) is 0.262. The second-order valence-electron chi connectivity index (χ2n) is 7.56. The van der Waals surface area contributed by atoms with E-state index in [1.165, 1.54) is 19.3 Å². The fraction of sp³-hybridized carbons (Fsp3) is 0.895. The lowest BCUT2D eigenvalue weighted by Crippen LogP contribution is -2.51. The highest BCUT2D eigenvalue weighted by Gasteiger charge is 2.24. The maximum atomic E-state index is 12.2. The van der Waals surface area contributed by atoms with Crippen molar-refractivity contribution in [2.24, 2.45) is 5.73 Å². The van der Waals surface area contributed by atoms with Gasteiger partial charge in [-0.25, -0.2) is 4.79 Å². The molecule has 0 unspecified atom stereocenters. The van der Waals surface area contributed by atoms with Gasteiger partial charge in [0.15, 0.2) is 0 Å². The Labute approximate surface area is 164 Å². The van der Waals surface area contributed by atoms with Gasteiger partial charge >= 0.3 is 6.03 Å². The third-order valence-electron chi connectivity index (χ3n) is 5.47. The third kappa shape index (κ3) is 8.58. The molecule has 0 aromatic rings. The Morgan fingerprint density at radius 2 is 1.42 bits per heavy atom. The van der Waals surface area contributed by atoms with Gasteiger partial charge < -0.3 is 21.3 Å². The van der Waals surface area contributed by atoms with Gasteiger partial charge in [-0.3, -0.25) is 4.79 Å². The van der Waals surface area contributed by atoms with Crippen molar-refractivity contribution in [2.75, 3.05) is 19.6 Å². The van der Waals surface area contributed by atoms with Crippen LogP contribution in [-0.2, 0) is 4.79 Å². The quantitative estimate of drug-likeness (QED) is 0.558.